The van der Waals surface area contributed by atoms with E-state index in [9.17, 15) is 0 Å². The fourth-order valence-electron chi connectivity index (χ4n) is 2.40. The van der Waals surface area contributed by atoms with Crippen molar-refractivity contribution < 1.29 is 0 Å². The van der Waals surface area contributed by atoms with E-state index in [1.165, 1.54) is 10.6 Å². The van der Waals surface area contributed by atoms with E-state index in [-0.39, 0.29) is 0 Å². The molecule has 0 fully saturated rings. The molecule has 0 aliphatic heterocycles. The van der Waals surface area contributed by atoms with Crippen molar-refractivity contribution in [1.29, 1.82) is 0 Å². The lowest BCUT2D eigenvalue weighted by Crippen LogP contribution is -2.05. The number of rotatable bonds is 3. The second-order valence-electron chi connectivity index (χ2n) is 4.90. The minimum atomic E-state index is 0.613. The monoisotopic (exact) mass is 305 g/mol. The average molecular weight is 306 g/mol. The number of hydrogen-bond acceptors (Lipinski definition) is 3. The first kappa shape index (κ1) is 13.6. The summed E-state index contributed by atoms with van der Waals surface area (Å²) in [5.74, 6) is 0. The summed E-state index contributed by atoms with van der Waals surface area (Å²) in [6.07, 6.45) is 2.94. The first-order valence-corrected chi connectivity index (χ1v) is 7.73. The van der Waals surface area contributed by atoms with Gasteiger partial charge in [-0.15, -0.1) is 11.3 Å². The molecule has 3 rings (SSSR count). The molecule has 3 aromatic rings. The summed E-state index contributed by atoms with van der Waals surface area (Å²) in [6, 6.07) is 6.04. The van der Waals surface area contributed by atoms with E-state index in [1.54, 1.807) is 11.3 Å². The predicted molar refractivity (Wildman–Crippen MR) is 85.7 cm³/mol. The third kappa shape index (κ3) is 2.24. The predicted octanol–water partition coefficient (Wildman–Crippen LogP) is 3.83. The van der Waals surface area contributed by atoms with Crippen molar-refractivity contribution in [2.45, 2.75) is 20.3 Å². The van der Waals surface area contributed by atoms with Gasteiger partial charge in [0.15, 0.2) is 4.96 Å². The van der Waals surface area contributed by atoms with Crippen LogP contribution in [0.4, 0.5) is 0 Å². The van der Waals surface area contributed by atoms with E-state index < -0.39 is 0 Å². The molecule has 0 amide bonds. The van der Waals surface area contributed by atoms with Gasteiger partial charge in [0, 0.05) is 28.1 Å². The van der Waals surface area contributed by atoms with Crippen molar-refractivity contribution >= 4 is 27.9 Å². The van der Waals surface area contributed by atoms with Crippen LogP contribution >= 0.6 is 22.9 Å². The fraction of sp³-hybridized carbons (Fsp3) is 0.267. The van der Waals surface area contributed by atoms with Gasteiger partial charge in [0.05, 0.1) is 11.4 Å². The zero-order valence-electron chi connectivity index (χ0n) is 11.5. The Morgan fingerprint density at radius 3 is 2.85 bits per heavy atom. The Morgan fingerprint density at radius 1 is 1.35 bits per heavy atom. The lowest BCUT2D eigenvalue weighted by Gasteiger charge is -2.05. The second kappa shape index (κ2) is 5.20. The summed E-state index contributed by atoms with van der Waals surface area (Å²) in [6.45, 7) is 4.72. The van der Waals surface area contributed by atoms with Crippen LogP contribution in [0.25, 0.3) is 16.2 Å². The van der Waals surface area contributed by atoms with Gasteiger partial charge in [0.1, 0.15) is 0 Å². The maximum Gasteiger partial charge on any atom is 0.194 e. The highest BCUT2D eigenvalue weighted by atomic mass is 35.5. The highest BCUT2D eigenvalue weighted by Crippen LogP contribution is 2.30. The van der Waals surface area contributed by atoms with Crippen LogP contribution in [-0.2, 0) is 6.42 Å². The molecule has 0 saturated heterocycles. The van der Waals surface area contributed by atoms with Crippen molar-refractivity contribution in [1.82, 2.24) is 9.38 Å². The van der Waals surface area contributed by atoms with Gasteiger partial charge in [-0.05, 0) is 38.1 Å². The molecule has 0 saturated carbocycles. The topological polar surface area (TPSA) is 43.3 Å². The van der Waals surface area contributed by atoms with Crippen molar-refractivity contribution in [2.24, 2.45) is 5.73 Å². The summed E-state index contributed by atoms with van der Waals surface area (Å²) in [5.41, 5.74) is 10.1. The van der Waals surface area contributed by atoms with Gasteiger partial charge >= 0.3 is 0 Å². The van der Waals surface area contributed by atoms with Gasteiger partial charge in [0.2, 0.25) is 0 Å². The van der Waals surface area contributed by atoms with Crippen LogP contribution in [0.5, 0.6) is 0 Å². The van der Waals surface area contributed by atoms with Crippen molar-refractivity contribution in [2.75, 3.05) is 6.54 Å². The number of aryl methyl sites for hydroxylation is 2. The number of fused-ring (bicyclic) bond motifs is 1. The lowest BCUT2D eigenvalue weighted by molar-refractivity contribution is 0.910. The number of thiazole rings is 1. The molecular formula is C15H16ClN3S. The van der Waals surface area contributed by atoms with E-state index in [0.717, 1.165) is 33.2 Å². The number of benzene rings is 1. The maximum absolute atomic E-state index is 6.10. The van der Waals surface area contributed by atoms with E-state index >= 15 is 0 Å². The normalized spacial score (nSPS) is 11.4. The minimum absolute atomic E-state index is 0.613. The molecule has 20 heavy (non-hydrogen) atoms. The zero-order valence-corrected chi connectivity index (χ0v) is 13.1. The van der Waals surface area contributed by atoms with Crippen molar-refractivity contribution in [3.8, 4) is 11.3 Å². The Labute approximate surface area is 127 Å². The van der Waals surface area contributed by atoms with Crippen LogP contribution in [0, 0.1) is 13.8 Å². The average Bonchev–Trinajstić information content (AvgIpc) is 2.91. The van der Waals surface area contributed by atoms with Crippen molar-refractivity contribution in [3.05, 3.63) is 45.6 Å². The molecule has 104 valence electrons. The molecule has 0 aliphatic rings. The number of imidazole rings is 1. The first-order valence-electron chi connectivity index (χ1n) is 6.54. The number of halogens is 1. The lowest BCUT2D eigenvalue weighted by atomic mass is 10.1. The Morgan fingerprint density at radius 2 is 2.15 bits per heavy atom. The summed E-state index contributed by atoms with van der Waals surface area (Å²) in [5, 5.41) is 0.783. The Bertz CT molecular complexity index is 773. The largest absolute Gasteiger partial charge is 0.330 e. The van der Waals surface area contributed by atoms with Crippen LogP contribution in [0.1, 0.15) is 16.1 Å². The van der Waals surface area contributed by atoms with Gasteiger partial charge in [-0.25, -0.2) is 4.98 Å². The first-order chi connectivity index (χ1) is 9.60. The molecule has 5 heteroatoms. The number of nitrogens with two attached hydrogens (primary N) is 1. The summed E-state index contributed by atoms with van der Waals surface area (Å²) in [4.78, 5) is 7.05. The third-order valence-electron chi connectivity index (χ3n) is 3.35. The van der Waals surface area contributed by atoms with E-state index in [0.29, 0.717) is 6.54 Å². The highest BCUT2D eigenvalue weighted by molar-refractivity contribution is 7.17. The highest BCUT2D eigenvalue weighted by Gasteiger charge is 2.15. The van der Waals surface area contributed by atoms with E-state index in [4.69, 9.17) is 22.3 Å². The summed E-state index contributed by atoms with van der Waals surface area (Å²) >= 11 is 7.80. The molecular weight excluding hydrogens is 290 g/mol. The number of aromatic nitrogens is 2. The molecule has 2 aromatic heterocycles. The smallest absolute Gasteiger partial charge is 0.194 e. The maximum atomic E-state index is 6.10. The van der Waals surface area contributed by atoms with Crippen LogP contribution in [-0.4, -0.2) is 15.9 Å². The molecule has 0 radical (unpaired) electrons. The van der Waals surface area contributed by atoms with Gasteiger partial charge in [-0.3, -0.25) is 4.40 Å². The summed E-state index contributed by atoms with van der Waals surface area (Å²) < 4.78 is 2.16. The molecule has 2 heterocycles. The van der Waals surface area contributed by atoms with Crippen molar-refractivity contribution in [3.63, 3.8) is 0 Å². The SMILES string of the molecule is Cc1cn2c(CCN)c(-c3ccc(Cl)c(C)c3)nc2s1. The minimum Gasteiger partial charge on any atom is -0.330 e. The van der Waals surface area contributed by atoms with Crippen LogP contribution in [0.15, 0.2) is 24.4 Å². The van der Waals surface area contributed by atoms with Gasteiger partial charge in [0.25, 0.3) is 0 Å². The standard InChI is InChI=1S/C15H16ClN3S/c1-9-7-11(3-4-12(9)16)14-13(5-6-17)19-8-10(2)20-15(19)18-14/h3-4,7-8H,5-6,17H2,1-2H3. The second-order valence-corrected chi connectivity index (χ2v) is 6.52. The molecule has 0 atom stereocenters. The third-order valence-corrected chi connectivity index (χ3v) is 4.68. The Hall–Kier alpha value is -1.36. The summed E-state index contributed by atoms with van der Waals surface area (Å²) in [7, 11) is 0. The quantitative estimate of drug-likeness (QED) is 0.799. The van der Waals surface area contributed by atoms with Gasteiger partial charge in [-0.1, -0.05) is 17.7 Å². The zero-order chi connectivity index (χ0) is 14.3. The van der Waals surface area contributed by atoms with E-state index in [1.807, 2.05) is 19.1 Å². The molecule has 0 spiro atoms. The molecule has 0 bridgehead atoms. The Balaban J connectivity index is 2.21. The van der Waals surface area contributed by atoms with E-state index in [2.05, 4.69) is 23.6 Å². The molecule has 0 unspecified atom stereocenters. The fourth-order valence-corrected chi connectivity index (χ4v) is 3.36. The van der Waals surface area contributed by atoms with Crippen LogP contribution in [0.3, 0.4) is 0 Å². The molecule has 3 nitrogen and oxygen atoms in total. The molecule has 2 N–H and O–H groups in total. The Kier molecular flexibility index (Phi) is 3.54. The van der Waals surface area contributed by atoms with Crippen LogP contribution < -0.4 is 5.73 Å². The number of hydrogen-bond donors (Lipinski definition) is 1. The number of nitrogens with zero attached hydrogens (tertiary/aromatic N) is 2. The molecule has 1 aromatic carbocycles. The van der Waals surface area contributed by atoms with Crippen LogP contribution in [0.2, 0.25) is 5.02 Å². The van der Waals surface area contributed by atoms with Gasteiger partial charge < -0.3 is 5.73 Å². The van der Waals surface area contributed by atoms with Gasteiger partial charge in [-0.2, -0.15) is 0 Å². The molecule has 0 aliphatic carbocycles.